The predicted octanol–water partition coefficient (Wildman–Crippen LogP) is 15.1. The van der Waals surface area contributed by atoms with E-state index in [1.165, 1.54) is 48.5 Å². The fraction of sp³-hybridized carbons (Fsp3) is 0.0612. The van der Waals surface area contributed by atoms with Gasteiger partial charge in [-0.1, -0.05) is 135 Å². The Morgan fingerprint density at radius 1 is 0.453 bits per heavy atom. The summed E-state index contributed by atoms with van der Waals surface area (Å²) < 4.78 is 2.41. The highest BCUT2D eigenvalue weighted by atomic mass is 35.5. The van der Waals surface area contributed by atoms with E-state index >= 15 is 0 Å². The fourth-order valence-corrected chi connectivity index (χ4v) is 10.0. The second-order valence-electron chi connectivity index (χ2n) is 14.3. The summed E-state index contributed by atoms with van der Waals surface area (Å²) in [6, 6.07) is 63.4. The highest BCUT2D eigenvalue weighted by Crippen LogP contribution is 2.53. The molecular formula is C49H35ClN2S. The van der Waals surface area contributed by atoms with Crippen molar-refractivity contribution in [1.82, 2.24) is 0 Å². The Kier molecular flexibility index (Phi) is 7.43. The number of halogens is 1. The van der Waals surface area contributed by atoms with Crippen molar-refractivity contribution in [3.05, 3.63) is 192 Å². The molecule has 8 aromatic carbocycles. The van der Waals surface area contributed by atoms with E-state index in [2.05, 4.69) is 200 Å². The first-order valence-corrected chi connectivity index (χ1v) is 19.2. The quantitative estimate of drug-likeness (QED) is 0.169. The lowest BCUT2D eigenvalue weighted by Gasteiger charge is -2.29. The van der Waals surface area contributed by atoms with E-state index in [1.807, 2.05) is 11.3 Å². The molecular weight excluding hydrogens is 684 g/mol. The Morgan fingerprint density at radius 2 is 1.00 bits per heavy atom. The molecule has 0 bridgehead atoms. The van der Waals surface area contributed by atoms with E-state index in [1.54, 1.807) is 0 Å². The maximum Gasteiger partial charge on any atom is 0.0569 e. The fourth-order valence-electron chi connectivity index (χ4n) is 8.45. The van der Waals surface area contributed by atoms with Gasteiger partial charge in [0.15, 0.2) is 0 Å². The molecule has 1 heterocycles. The third kappa shape index (κ3) is 5.07. The van der Waals surface area contributed by atoms with Gasteiger partial charge in [0, 0.05) is 64.1 Å². The smallest absolute Gasteiger partial charge is 0.0569 e. The predicted molar refractivity (Wildman–Crippen MR) is 229 cm³/mol. The minimum Gasteiger partial charge on any atom is -0.310 e. The van der Waals surface area contributed by atoms with E-state index in [4.69, 9.17) is 11.6 Å². The van der Waals surface area contributed by atoms with Gasteiger partial charge in [0.05, 0.1) is 11.4 Å². The molecule has 0 unspecified atom stereocenters. The lowest BCUT2D eigenvalue weighted by atomic mass is 9.82. The summed E-state index contributed by atoms with van der Waals surface area (Å²) in [6.07, 6.45) is 0. The Hall–Kier alpha value is -5.87. The van der Waals surface area contributed by atoms with E-state index in [0.29, 0.717) is 5.02 Å². The number of para-hydroxylation sites is 3. The lowest BCUT2D eigenvalue weighted by Crippen LogP contribution is -2.15. The Morgan fingerprint density at radius 3 is 1.66 bits per heavy atom. The minimum atomic E-state index is -0.0737. The van der Waals surface area contributed by atoms with Crippen molar-refractivity contribution in [2.24, 2.45) is 0 Å². The van der Waals surface area contributed by atoms with E-state index in [0.717, 1.165) is 38.8 Å². The number of anilines is 6. The molecule has 4 heteroatoms. The van der Waals surface area contributed by atoms with Crippen LogP contribution in [0.5, 0.6) is 0 Å². The van der Waals surface area contributed by atoms with Crippen molar-refractivity contribution in [3.63, 3.8) is 0 Å². The highest BCUT2D eigenvalue weighted by Gasteiger charge is 2.35. The summed E-state index contributed by atoms with van der Waals surface area (Å²) in [5.74, 6) is 0. The number of nitrogens with zero attached hydrogens (tertiary/aromatic N) is 2. The second-order valence-corrected chi connectivity index (χ2v) is 15.8. The summed E-state index contributed by atoms with van der Waals surface area (Å²) in [5.41, 5.74) is 11.8. The van der Waals surface area contributed by atoms with Gasteiger partial charge in [-0.15, -0.1) is 11.3 Å². The maximum atomic E-state index is 7.10. The molecule has 0 spiro atoms. The lowest BCUT2D eigenvalue weighted by molar-refractivity contribution is 0.660. The van der Waals surface area contributed by atoms with Crippen molar-refractivity contribution in [3.8, 4) is 11.1 Å². The highest BCUT2D eigenvalue weighted by molar-refractivity contribution is 7.26. The van der Waals surface area contributed by atoms with Crippen LogP contribution in [0.4, 0.5) is 34.1 Å². The van der Waals surface area contributed by atoms with E-state index < -0.39 is 0 Å². The number of hydrogen-bond donors (Lipinski definition) is 0. The zero-order chi connectivity index (χ0) is 35.7. The molecule has 2 nitrogen and oxygen atoms in total. The molecule has 0 aliphatic heterocycles. The van der Waals surface area contributed by atoms with Gasteiger partial charge in [-0.05, 0) is 89.0 Å². The van der Waals surface area contributed by atoms with Crippen LogP contribution >= 0.6 is 22.9 Å². The summed E-state index contributed by atoms with van der Waals surface area (Å²) in [4.78, 5) is 4.78. The van der Waals surface area contributed by atoms with Gasteiger partial charge >= 0.3 is 0 Å². The summed E-state index contributed by atoms with van der Waals surface area (Å²) in [7, 11) is 0. The molecule has 1 aliphatic rings. The Labute approximate surface area is 318 Å². The number of rotatable bonds is 6. The monoisotopic (exact) mass is 718 g/mol. The summed E-state index contributed by atoms with van der Waals surface area (Å²) in [6.45, 7) is 4.67. The van der Waals surface area contributed by atoms with Crippen LogP contribution in [0.2, 0.25) is 5.02 Å². The van der Waals surface area contributed by atoms with Crippen LogP contribution in [0.15, 0.2) is 176 Å². The third-order valence-electron chi connectivity index (χ3n) is 10.9. The molecule has 0 fully saturated rings. The molecule has 53 heavy (non-hydrogen) atoms. The number of benzene rings is 8. The number of thiophene rings is 1. The van der Waals surface area contributed by atoms with Crippen LogP contribution < -0.4 is 9.80 Å². The molecule has 10 rings (SSSR count). The van der Waals surface area contributed by atoms with Crippen LogP contribution in [-0.2, 0) is 5.41 Å². The molecule has 9 aromatic rings. The van der Waals surface area contributed by atoms with Gasteiger partial charge in [0.25, 0.3) is 0 Å². The van der Waals surface area contributed by atoms with E-state index in [9.17, 15) is 0 Å². The Balaban J connectivity index is 1.28. The first kappa shape index (κ1) is 31.8. The standard InChI is InChI=1S/C49H35ClN2S/c1-49(2)42-25-15-14-22-37(42)40-30-36(26-27-43(40)49)52(35-20-10-5-11-21-35)45-28-32(50)29-46-47(45)41-31-44(38-23-12-13-24-39(38)48(41)53-46)51(33-16-6-3-7-17-33)34-18-8-4-9-19-34/h3-31H,1-2H3. The van der Waals surface area contributed by atoms with Crippen LogP contribution in [0.3, 0.4) is 0 Å². The Bertz CT molecular complexity index is 2790. The molecule has 1 aliphatic carbocycles. The molecule has 0 saturated carbocycles. The largest absolute Gasteiger partial charge is 0.310 e. The van der Waals surface area contributed by atoms with Crippen molar-refractivity contribution in [2.45, 2.75) is 19.3 Å². The molecule has 0 amide bonds. The average molecular weight is 719 g/mol. The zero-order valence-electron chi connectivity index (χ0n) is 29.4. The van der Waals surface area contributed by atoms with Crippen molar-refractivity contribution in [2.75, 3.05) is 9.80 Å². The number of fused-ring (bicyclic) bond motifs is 8. The first-order valence-electron chi connectivity index (χ1n) is 18.0. The van der Waals surface area contributed by atoms with Crippen molar-refractivity contribution in [1.29, 1.82) is 0 Å². The third-order valence-corrected chi connectivity index (χ3v) is 12.3. The summed E-state index contributed by atoms with van der Waals surface area (Å²) >= 11 is 8.92. The van der Waals surface area contributed by atoms with Gasteiger partial charge in [-0.25, -0.2) is 0 Å². The van der Waals surface area contributed by atoms with Crippen LogP contribution in [0, 0.1) is 0 Å². The van der Waals surface area contributed by atoms with Crippen LogP contribution in [0.25, 0.3) is 42.1 Å². The second kappa shape index (κ2) is 12.4. The molecule has 254 valence electrons. The maximum absolute atomic E-state index is 7.10. The van der Waals surface area contributed by atoms with Crippen molar-refractivity contribution < 1.29 is 0 Å². The van der Waals surface area contributed by atoms with Gasteiger partial charge in [0.1, 0.15) is 0 Å². The SMILES string of the molecule is CC1(C)c2ccccc2-c2cc(N(c3ccccc3)c3cc(Cl)cc4sc5c6ccccc6c(N(c6ccccc6)c6ccccc6)cc5c34)ccc21. The molecule has 0 atom stereocenters. The van der Waals surface area contributed by atoms with Crippen LogP contribution in [0.1, 0.15) is 25.0 Å². The minimum absolute atomic E-state index is 0.0737. The molecule has 0 N–H and O–H groups in total. The molecule has 1 aromatic heterocycles. The number of hydrogen-bond acceptors (Lipinski definition) is 3. The van der Waals surface area contributed by atoms with Crippen molar-refractivity contribution >= 4 is 88.0 Å². The topological polar surface area (TPSA) is 6.48 Å². The molecule has 0 radical (unpaired) electrons. The normalized spacial score (nSPS) is 13.0. The van der Waals surface area contributed by atoms with Gasteiger partial charge < -0.3 is 9.80 Å². The average Bonchev–Trinajstić information content (AvgIpc) is 3.68. The van der Waals surface area contributed by atoms with Gasteiger partial charge in [-0.2, -0.15) is 0 Å². The summed E-state index contributed by atoms with van der Waals surface area (Å²) in [5, 5.41) is 5.53. The van der Waals surface area contributed by atoms with Crippen LogP contribution in [-0.4, -0.2) is 0 Å². The first-order chi connectivity index (χ1) is 26.0. The van der Waals surface area contributed by atoms with Gasteiger partial charge in [-0.3, -0.25) is 0 Å². The van der Waals surface area contributed by atoms with E-state index in [-0.39, 0.29) is 5.41 Å². The molecule has 0 saturated heterocycles. The zero-order valence-corrected chi connectivity index (χ0v) is 31.0. The van der Waals surface area contributed by atoms with Gasteiger partial charge in [0.2, 0.25) is 0 Å².